The van der Waals surface area contributed by atoms with Gasteiger partial charge in [0.25, 0.3) is 0 Å². The molecule has 0 aromatic carbocycles. The first kappa shape index (κ1) is 11.3. The summed E-state index contributed by atoms with van der Waals surface area (Å²) < 4.78 is 0. The Morgan fingerprint density at radius 3 is 1.17 bits per heavy atom. The van der Waals surface area contributed by atoms with Crippen LogP contribution in [-0.4, -0.2) is 11.4 Å². The van der Waals surface area contributed by atoms with Crippen LogP contribution in [0.4, 0.5) is 0 Å². The minimum Gasteiger partial charge on any atom is -0.160 e. The van der Waals surface area contributed by atoms with Gasteiger partial charge in [-0.15, -0.1) is 0 Å². The first-order valence-corrected chi connectivity index (χ1v) is 4.53. The Morgan fingerprint density at radius 2 is 1.00 bits per heavy atom. The molecule has 0 heterocycles. The zero-order chi connectivity index (χ0) is 9.72. The molecule has 0 spiro atoms. The molecule has 0 atom stereocenters. The lowest BCUT2D eigenvalue weighted by atomic mass is 10.1. The molecule has 0 bridgehead atoms. The quantitative estimate of drug-likeness (QED) is 0.457. The van der Waals surface area contributed by atoms with E-state index in [-0.39, 0.29) is 0 Å². The molecule has 0 unspecified atom stereocenters. The first-order chi connectivity index (χ1) is 5.45. The molecule has 0 N–H and O–H groups in total. The average molecular weight is 168 g/mol. The predicted octanol–water partition coefficient (Wildman–Crippen LogP) is 3.14. The van der Waals surface area contributed by atoms with E-state index < -0.39 is 0 Å². The largest absolute Gasteiger partial charge is 0.160 e. The van der Waals surface area contributed by atoms with E-state index in [1.807, 2.05) is 13.8 Å². The normalized spacial score (nSPS) is 14.7. The Hall–Kier alpha value is -0.660. The van der Waals surface area contributed by atoms with Crippen LogP contribution in [0.1, 0.15) is 41.5 Å². The highest BCUT2D eigenvalue weighted by Crippen LogP contribution is 2.00. The molecule has 12 heavy (non-hydrogen) atoms. The second-order valence-electron chi connectivity index (χ2n) is 3.79. The van der Waals surface area contributed by atoms with Crippen molar-refractivity contribution in [1.29, 1.82) is 0 Å². The van der Waals surface area contributed by atoms with Gasteiger partial charge < -0.3 is 0 Å². The predicted molar refractivity (Wildman–Crippen MR) is 55.9 cm³/mol. The molecule has 2 nitrogen and oxygen atoms in total. The molecule has 0 fully saturated rings. The second kappa shape index (κ2) is 5.07. The summed E-state index contributed by atoms with van der Waals surface area (Å²) in [5, 5.41) is 8.30. The molecular weight excluding hydrogens is 148 g/mol. The van der Waals surface area contributed by atoms with Crippen molar-refractivity contribution < 1.29 is 0 Å². The molecular formula is C10H20N2. The molecule has 2 heteroatoms. The third-order valence-corrected chi connectivity index (χ3v) is 2.04. The molecule has 0 aliphatic heterocycles. The van der Waals surface area contributed by atoms with Crippen LogP contribution in [0.15, 0.2) is 10.2 Å². The summed E-state index contributed by atoms with van der Waals surface area (Å²) >= 11 is 0. The van der Waals surface area contributed by atoms with E-state index in [4.69, 9.17) is 0 Å². The van der Waals surface area contributed by atoms with Gasteiger partial charge in [0, 0.05) is 11.4 Å². The van der Waals surface area contributed by atoms with Gasteiger partial charge in [0.2, 0.25) is 0 Å². The summed E-state index contributed by atoms with van der Waals surface area (Å²) in [6.45, 7) is 12.5. The van der Waals surface area contributed by atoms with Gasteiger partial charge in [-0.3, -0.25) is 0 Å². The van der Waals surface area contributed by atoms with E-state index in [0.717, 1.165) is 11.4 Å². The summed E-state index contributed by atoms with van der Waals surface area (Å²) in [4.78, 5) is 0. The molecule has 0 radical (unpaired) electrons. The van der Waals surface area contributed by atoms with E-state index in [9.17, 15) is 0 Å². The number of hydrogen-bond acceptors (Lipinski definition) is 2. The Bertz CT molecular complexity index is 166. The van der Waals surface area contributed by atoms with Crippen LogP contribution in [0.5, 0.6) is 0 Å². The van der Waals surface area contributed by atoms with Crippen LogP contribution < -0.4 is 0 Å². The molecule has 0 saturated heterocycles. The van der Waals surface area contributed by atoms with Crippen LogP contribution in [-0.2, 0) is 0 Å². The Kier molecular flexibility index (Phi) is 4.79. The highest BCUT2D eigenvalue weighted by Gasteiger charge is 1.99. The fourth-order valence-electron chi connectivity index (χ4n) is 0.389. The summed E-state index contributed by atoms with van der Waals surface area (Å²) in [5.41, 5.74) is 2.19. The Morgan fingerprint density at radius 1 is 0.750 bits per heavy atom. The maximum atomic E-state index is 4.15. The van der Waals surface area contributed by atoms with Gasteiger partial charge in [-0.05, 0) is 25.7 Å². The Labute approximate surface area is 75.8 Å². The smallest absolute Gasteiger partial charge is 0.0400 e. The molecule has 70 valence electrons. The minimum atomic E-state index is 0.494. The van der Waals surface area contributed by atoms with Gasteiger partial charge in [-0.1, -0.05) is 27.7 Å². The van der Waals surface area contributed by atoms with Gasteiger partial charge in [-0.25, -0.2) is 0 Å². The van der Waals surface area contributed by atoms with Crippen LogP contribution in [0.25, 0.3) is 0 Å². The zero-order valence-electron chi connectivity index (χ0n) is 9.05. The molecule has 0 amide bonds. The van der Waals surface area contributed by atoms with E-state index in [0.29, 0.717) is 11.8 Å². The number of hydrogen-bond donors (Lipinski definition) is 0. The molecule has 0 rings (SSSR count). The lowest BCUT2D eigenvalue weighted by molar-refractivity contribution is 0.851. The maximum absolute atomic E-state index is 4.15. The molecule has 0 aromatic heterocycles. The highest BCUT2D eigenvalue weighted by atomic mass is 15.2. The number of rotatable bonds is 3. The third kappa shape index (κ3) is 4.27. The van der Waals surface area contributed by atoms with Gasteiger partial charge in [0.1, 0.15) is 0 Å². The SMILES string of the molecule is C/C(=N\N=C(/C)C(C)C)C(C)C. The summed E-state index contributed by atoms with van der Waals surface area (Å²) in [6.07, 6.45) is 0. The van der Waals surface area contributed by atoms with E-state index in [2.05, 4.69) is 37.9 Å². The van der Waals surface area contributed by atoms with Crippen LogP contribution >= 0.6 is 0 Å². The van der Waals surface area contributed by atoms with Crippen molar-refractivity contribution in [2.24, 2.45) is 22.0 Å². The summed E-state index contributed by atoms with van der Waals surface area (Å²) in [7, 11) is 0. The summed E-state index contributed by atoms with van der Waals surface area (Å²) in [6, 6.07) is 0. The van der Waals surface area contributed by atoms with Crippen molar-refractivity contribution in [2.45, 2.75) is 41.5 Å². The highest BCUT2D eigenvalue weighted by molar-refractivity contribution is 5.87. The standard InChI is InChI=1S/C10H20N2/c1-7(2)9(5)11-12-10(6)8(3)4/h7-8H,1-6H3/b11-9+,12-10+. The van der Waals surface area contributed by atoms with Gasteiger partial charge in [-0.2, -0.15) is 10.2 Å². The molecule has 0 aliphatic carbocycles. The molecule has 0 aliphatic rings. The summed E-state index contributed by atoms with van der Waals surface area (Å²) in [5.74, 6) is 0.988. The first-order valence-electron chi connectivity index (χ1n) is 4.53. The van der Waals surface area contributed by atoms with Gasteiger partial charge >= 0.3 is 0 Å². The van der Waals surface area contributed by atoms with Crippen molar-refractivity contribution in [1.82, 2.24) is 0 Å². The lowest BCUT2D eigenvalue weighted by Crippen LogP contribution is -2.04. The van der Waals surface area contributed by atoms with E-state index >= 15 is 0 Å². The van der Waals surface area contributed by atoms with Crippen LogP contribution in [0, 0.1) is 11.8 Å². The van der Waals surface area contributed by atoms with Crippen molar-refractivity contribution in [2.75, 3.05) is 0 Å². The lowest BCUT2D eigenvalue weighted by Gasteiger charge is -2.03. The molecule has 0 aromatic rings. The zero-order valence-corrected chi connectivity index (χ0v) is 9.05. The van der Waals surface area contributed by atoms with Crippen LogP contribution in [0.2, 0.25) is 0 Å². The van der Waals surface area contributed by atoms with Gasteiger partial charge in [0.05, 0.1) is 0 Å². The average Bonchev–Trinajstić information content (AvgIpc) is 1.98. The minimum absolute atomic E-state index is 0.494. The van der Waals surface area contributed by atoms with Crippen LogP contribution in [0.3, 0.4) is 0 Å². The maximum Gasteiger partial charge on any atom is 0.0400 e. The topological polar surface area (TPSA) is 24.7 Å². The van der Waals surface area contributed by atoms with Crippen molar-refractivity contribution >= 4 is 11.4 Å². The molecule has 0 saturated carbocycles. The second-order valence-corrected chi connectivity index (χ2v) is 3.79. The fraction of sp³-hybridized carbons (Fsp3) is 0.800. The van der Waals surface area contributed by atoms with Gasteiger partial charge in [0.15, 0.2) is 0 Å². The van der Waals surface area contributed by atoms with Crippen molar-refractivity contribution in [3.8, 4) is 0 Å². The van der Waals surface area contributed by atoms with Crippen molar-refractivity contribution in [3.05, 3.63) is 0 Å². The monoisotopic (exact) mass is 168 g/mol. The van der Waals surface area contributed by atoms with Crippen molar-refractivity contribution in [3.63, 3.8) is 0 Å². The Balaban J connectivity index is 4.27. The fourth-order valence-corrected chi connectivity index (χ4v) is 0.389. The van der Waals surface area contributed by atoms with E-state index in [1.165, 1.54) is 0 Å². The van der Waals surface area contributed by atoms with E-state index in [1.54, 1.807) is 0 Å². The number of nitrogens with zero attached hydrogens (tertiary/aromatic N) is 2. The third-order valence-electron chi connectivity index (χ3n) is 2.04.